The van der Waals surface area contributed by atoms with Crippen LogP contribution in [0.2, 0.25) is 0 Å². The molecule has 0 amide bonds. The molecule has 0 aliphatic rings. The number of nitrogens with zero attached hydrogens (tertiary/aromatic N) is 3. The minimum atomic E-state index is 0.565. The van der Waals surface area contributed by atoms with Gasteiger partial charge in [-0.05, 0) is 24.3 Å². The molecular weight excluding hydrogens is 421 g/mol. The second kappa shape index (κ2) is 8.50. The Kier molecular flexibility index (Phi) is 5.05. The third kappa shape index (κ3) is 3.50. The summed E-state index contributed by atoms with van der Waals surface area (Å²) in [5.74, 6) is 2.01. The summed E-state index contributed by atoms with van der Waals surface area (Å²) in [6.45, 7) is 0. The highest BCUT2D eigenvalue weighted by Gasteiger charge is 2.16. The molecule has 1 radical (unpaired) electrons. The summed E-state index contributed by atoms with van der Waals surface area (Å²) < 4.78 is 7.38. The number of fused-ring (bicyclic) bond motifs is 3. The number of para-hydroxylation sites is 1. The average molecular weight is 440 g/mol. The van der Waals surface area contributed by atoms with E-state index >= 15 is 0 Å². The van der Waals surface area contributed by atoms with E-state index in [0.717, 1.165) is 44.4 Å². The van der Waals surface area contributed by atoms with Crippen LogP contribution in [0.15, 0.2) is 109 Å². The maximum atomic E-state index is 9.10. The molecule has 0 saturated heterocycles. The normalized spacial score (nSPS) is 11.1. The molecule has 5 nitrogen and oxygen atoms in total. The van der Waals surface area contributed by atoms with E-state index in [2.05, 4.69) is 28.8 Å². The Bertz CT molecular complexity index is 1560. The molecule has 6 aromatic rings. The molecule has 0 fully saturated rings. The first-order valence-corrected chi connectivity index (χ1v) is 11.0. The van der Waals surface area contributed by atoms with E-state index in [1.54, 1.807) is 0 Å². The summed E-state index contributed by atoms with van der Waals surface area (Å²) in [6.07, 6.45) is 0. The number of hydrogen-bond donors (Lipinski definition) is 1. The Morgan fingerprint density at radius 1 is 0.647 bits per heavy atom. The van der Waals surface area contributed by atoms with Crippen LogP contribution in [0.1, 0.15) is 0 Å². The van der Waals surface area contributed by atoms with Crippen molar-refractivity contribution >= 4 is 29.5 Å². The third-order valence-corrected chi connectivity index (χ3v) is 5.88. The number of benzene rings is 4. The molecule has 4 aromatic carbocycles. The molecule has 0 aliphatic heterocycles. The Morgan fingerprint density at radius 2 is 1.32 bits per heavy atom. The molecule has 0 atom stereocenters. The van der Waals surface area contributed by atoms with Gasteiger partial charge < -0.3 is 9.68 Å². The molecule has 2 heterocycles. The highest BCUT2D eigenvalue weighted by atomic mass is 16.5. The van der Waals surface area contributed by atoms with Gasteiger partial charge >= 0.3 is 7.69 Å². The monoisotopic (exact) mass is 440 g/mol. The summed E-state index contributed by atoms with van der Waals surface area (Å²) in [5.41, 5.74) is 4.85. The standard InChI is InChI=1S/C28H19BN3O2/c33-29-34-21-15-16-26-23(17-21)22-13-7-8-14-25(22)32(26)27-18-24(19-9-3-1-4-10-19)30-28(31-27)20-11-5-2-6-12-20/h1-18,33H. The fourth-order valence-electron chi connectivity index (χ4n) is 4.36. The van der Waals surface area contributed by atoms with E-state index in [1.165, 1.54) is 0 Å². The predicted molar refractivity (Wildman–Crippen MR) is 136 cm³/mol. The van der Waals surface area contributed by atoms with Gasteiger partial charge in [-0.2, -0.15) is 0 Å². The van der Waals surface area contributed by atoms with Gasteiger partial charge in [0.2, 0.25) is 0 Å². The highest BCUT2D eigenvalue weighted by molar-refractivity contribution is 6.17. The zero-order valence-corrected chi connectivity index (χ0v) is 18.2. The van der Waals surface area contributed by atoms with E-state index in [0.29, 0.717) is 19.3 Å². The van der Waals surface area contributed by atoms with Crippen molar-refractivity contribution in [1.82, 2.24) is 14.5 Å². The Labute approximate surface area is 197 Å². The molecule has 1 N–H and O–H groups in total. The average Bonchev–Trinajstić information content (AvgIpc) is 3.23. The minimum Gasteiger partial charge on any atom is -0.537 e. The van der Waals surface area contributed by atoms with Crippen LogP contribution in [-0.4, -0.2) is 27.2 Å². The lowest BCUT2D eigenvalue weighted by atomic mass is 10.1. The van der Waals surface area contributed by atoms with Gasteiger partial charge in [0.15, 0.2) is 5.82 Å². The van der Waals surface area contributed by atoms with Gasteiger partial charge in [-0.25, -0.2) is 9.97 Å². The van der Waals surface area contributed by atoms with Crippen LogP contribution in [0, 0.1) is 0 Å². The van der Waals surface area contributed by atoms with Gasteiger partial charge in [0.05, 0.1) is 16.7 Å². The number of rotatable bonds is 5. The first-order valence-electron chi connectivity index (χ1n) is 11.0. The van der Waals surface area contributed by atoms with E-state index < -0.39 is 0 Å². The summed E-state index contributed by atoms with van der Waals surface area (Å²) in [7, 11) is 0.697. The zero-order chi connectivity index (χ0) is 22.9. The van der Waals surface area contributed by atoms with E-state index in [4.69, 9.17) is 19.6 Å². The summed E-state index contributed by atoms with van der Waals surface area (Å²) in [6, 6.07) is 36.1. The number of hydrogen-bond acceptors (Lipinski definition) is 4. The Hall–Kier alpha value is -4.42. The summed E-state index contributed by atoms with van der Waals surface area (Å²) >= 11 is 0. The molecule has 0 unspecified atom stereocenters. The minimum absolute atomic E-state index is 0.565. The zero-order valence-electron chi connectivity index (χ0n) is 18.2. The van der Waals surface area contributed by atoms with Gasteiger partial charge in [0.1, 0.15) is 11.6 Å². The van der Waals surface area contributed by atoms with Crippen LogP contribution in [0.25, 0.3) is 50.3 Å². The van der Waals surface area contributed by atoms with Gasteiger partial charge in [-0.15, -0.1) is 0 Å². The fraction of sp³-hybridized carbons (Fsp3) is 0. The Morgan fingerprint density at radius 3 is 2.09 bits per heavy atom. The lowest BCUT2D eigenvalue weighted by Gasteiger charge is -2.12. The molecule has 0 bridgehead atoms. The van der Waals surface area contributed by atoms with Crippen molar-refractivity contribution in [3.05, 3.63) is 109 Å². The first kappa shape index (κ1) is 20.2. The van der Waals surface area contributed by atoms with Crippen LogP contribution < -0.4 is 4.65 Å². The molecule has 0 aliphatic carbocycles. The van der Waals surface area contributed by atoms with Crippen LogP contribution in [0.3, 0.4) is 0 Å². The second-order valence-corrected chi connectivity index (χ2v) is 7.92. The molecule has 161 valence electrons. The van der Waals surface area contributed by atoms with Gasteiger partial charge in [0.25, 0.3) is 0 Å². The second-order valence-electron chi connectivity index (χ2n) is 7.92. The van der Waals surface area contributed by atoms with Gasteiger partial charge in [0, 0.05) is 28.0 Å². The van der Waals surface area contributed by atoms with E-state index in [9.17, 15) is 0 Å². The molecule has 2 aromatic heterocycles. The van der Waals surface area contributed by atoms with Gasteiger partial charge in [-0.1, -0.05) is 78.9 Å². The van der Waals surface area contributed by atoms with Crippen molar-refractivity contribution in [3.8, 4) is 34.2 Å². The smallest absolute Gasteiger partial charge is 0.537 e. The number of aromatic nitrogens is 3. The molecule has 0 spiro atoms. The van der Waals surface area contributed by atoms with Crippen LogP contribution >= 0.6 is 0 Å². The highest BCUT2D eigenvalue weighted by Crippen LogP contribution is 2.35. The van der Waals surface area contributed by atoms with Crippen LogP contribution in [-0.2, 0) is 0 Å². The predicted octanol–water partition coefficient (Wildman–Crippen LogP) is 5.81. The van der Waals surface area contributed by atoms with Crippen molar-refractivity contribution in [2.24, 2.45) is 0 Å². The lowest BCUT2D eigenvalue weighted by molar-refractivity contribution is 0.454. The SMILES string of the molecule is O[B]Oc1ccc2c(c1)c1ccccc1n2-c1cc(-c2ccccc2)nc(-c2ccccc2)n1. The Balaban J connectivity index is 1.66. The quantitative estimate of drug-likeness (QED) is 0.344. The molecule has 34 heavy (non-hydrogen) atoms. The van der Waals surface area contributed by atoms with Crippen LogP contribution in [0.5, 0.6) is 5.75 Å². The van der Waals surface area contributed by atoms with Crippen molar-refractivity contribution in [1.29, 1.82) is 0 Å². The van der Waals surface area contributed by atoms with Crippen molar-refractivity contribution in [2.75, 3.05) is 0 Å². The summed E-state index contributed by atoms with van der Waals surface area (Å²) in [5, 5.41) is 11.2. The van der Waals surface area contributed by atoms with Gasteiger partial charge in [-0.3, -0.25) is 4.57 Å². The maximum absolute atomic E-state index is 9.10. The molecule has 6 rings (SSSR count). The van der Waals surface area contributed by atoms with Crippen LogP contribution in [0.4, 0.5) is 0 Å². The van der Waals surface area contributed by atoms with Crippen molar-refractivity contribution in [2.45, 2.75) is 0 Å². The third-order valence-electron chi connectivity index (χ3n) is 5.88. The molecule has 0 saturated carbocycles. The fourth-order valence-corrected chi connectivity index (χ4v) is 4.36. The largest absolute Gasteiger partial charge is 0.569 e. The lowest BCUT2D eigenvalue weighted by Crippen LogP contribution is -2.02. The summed E-state index contributed by atoms with van der Waals surface area (Å²) in [4.78, 5) is 9.91. The van der Waals surface area contributed by atoms with E-state index in [-0.39, 0.29) is 0 Å². The topological polar surface area (TPSA) is 60.2 Å². The molecule has 6 heteroatoms. The molecular formula is C28H19BN3O2. The maximum Gasteiger partial charge on any atom is 0.569 e. The van der Waals surface area contributed by atoms with E-state index in [1.807, 2.05) is 84.9 Å². The van der Waals surface area contributed by atoms with Crippen molar-refractivity contribution < 1.29 is 9.68 Å². The first-order chi connectivity index (χ1) is 16.8. The van der Waals surface area contributed by atoms with Crippen molar-refractivity contribution in [3.63, 3.8) is 0 Å².